The number of carbonyl (C=O) groups is 1. The molecule has 0 aliphatic carbocycles. The average molecular weight is 266 g/mol. The van der Waals surface area contributed by atoms with Crippen LogP contribution in [0, 0.1) is 0 Å². The summed E-state index contributed by atoms with van der Waals surface area (Å²) in [5.41, 5.74) is 9.02. The van der Waals surface area contributed by atoms with E-state index in [4.69, 9.17) is 23.2 Å². The number of nitrogens with two attached hydrogens (primary N) is 2. The number of aromatic nitrogens is 2. The SMILES string of the molecule is NNC(=O)c1cccc(Cn2cc(Cl)c(N)n2)c1. The second-order valence-corrected chi connectivity index (χ2v) is 4.14. The zero-order chi connectivity index (χ0) is 13.1. The molecule has 0 unspecified atom stereocenters. The molecule has 0 fully saturated rings. The highest BCUT2D eigenvalue weighted by Crippen LogP contribution is 2.16. The van der Waals surface area contributed by atoms with E-state index in [2.05, 4.69) is 10.5 Å². The minimum atomic E-state index is -0.338. The summed E-state index contributed by atoms with van der Waals surface area (Å²) < 4.78 is 1.61. The van der Waals surface area contributed by atoms with Gasteiger partial charge in [0.1, 0.15) is 5.02 Å². The summed E-state index contributed by atoms with van der Waals surface area (Å²) in [5, 5.41) is 4.45. The molecule has 18 heavy (non-hydrogen) atoms. The molecule has 0 atom stereocenters. The Morgan fingerprint density at radius 3 is 2.89 bits per heavy atom. The molecule has 0 spiro atoms. The van der Waals surface area contributed by atoms with Crippen molar-refractivity contribution in [2.45, 2.75) is 6.54 Å². The van der Waals surface area contributed by atoms with Crippen molar-refractivity contribution in [2.75, 3.05) is 5.73 Å². The predicted octanol–water partition coefficient (Wildman–Crippen LogP) is 0.770. The number of nitrogens with zero attached hydrogens (tertiary/aromatic N) is 2. The molecule has 0 aliphatic rings. The first kappa shape index (κ1) is 12.4. The van der Waals surface area contributed by atoms with Gasteiger partial charge < -0.3 is 5.73 Å². The minimum Gasteiger partial charge on any atom is -0.381 e. The lowest BCUT2D eigenvalue weighted by molar-refractivity contribution is 0.0953. The van der Waals surface area contributed by atoms with Crippen LogP contribution in [-0.4, -0.2) is 15.7 Å². The molecule has 2 aromatic rings. The van der Waals surface area contributed by atoms with Crippen LogP contribution < -0.4 is 17.0 Å². The zero-order valence-electron chi connectivity index (χ0n) is 9.43. The molecule has 1 amide bonds. The molecule has 0 saturated carbocycles. The molecule has 7 heteroatoms. The van der Waals surface area contributed by atoms with E-state index < -0.39 is 0 Å². The third-order valence-corrected chi connectivity index (χ3v) is 2.70. The van der Waals surface area contributed by atoms with Crippen LogP contribution in [0.3, 0.4) is 0 Å². The molecule has 2 rings (SSSR count). The van der Waals surface area contributed by atoms with E-state index in [-0.39, 0.29) is 11.7 Å². The molecular weight excluding hydrogens is 254 g/mol. The van der Waals surface area contributed by atoms with Crippen LogP contribution >= 0.6 is 11.6 Å². The van der Waals surface area contributed by atoms with Gasteiger partial charge in [-0.25, -0.2) is 5.84 Å². The number of rotatable bonds is 3. The van der Waals surface area contributed by atoms with Gasteiger partial charge in [0.25, 0.3) is 5.91 Å². The fourth-order valence-electron chi connectivity index (χ4n) is 1.57. The normalized spacial score (nSPS) is 10.3. The summed E-state index contributed by atoms with van der Waals surface area (Å²) >= 11 is 5.81. The quantitative estimate of drug-likeness (QED) is 0.434. The maximum Gasteiger partial charge on any atom is 0.265 e. The van der Waals surface area contributed by atoms with Gasteiger partial charge in [-0.1, -0.05) is 23.7 Å². The summed E-state index contributed by atoms with van der Waals surface area (Å²) in [5.74, 6) is 5.03. The highest BCUT2D eigenvalue weighted by molar-refractivity contribution is 6.32. The van der Waals surface area contributed by atoms with Crippen molar-refractivity contribution in [3.05, 3.63) is 46.6 Å². The number of anilines is 1. The Bertz CT molecular complexity index is 561. The standard InChI is InChI=1S/C11H12ClN5O/c12-9-6-17(16-10(9)13)5-7-2-1-3-8(4-7)11(18)15-14/h1-4,6H,5,14H2,(H2,13,16)(H,15,18). The molecule has 5 N–H and O–H groups in total. The summed E-state index contributed by atoms with van der Waals surface area (Å²) in [6.45, 7) is 0.475. The number of nitrogen functional groups attached to an aromatic ring is 2. The molecule has 6 nitrogen and oxygen atoms in total. The molecule has 0 bridgehead atoms. The first-order valence-corrected chi connectivity index (χ1v) is 5.56. The molecule has 0 radical (unpaired) electrons. The predicted molar refractivity (Wildman–Crippen MR) is 68.8 cm³/mol. The summed E-state index contributed by atoms with van der Waals surface area (Å²) in [4.78, 5) is 11.4. The van der Waals surface area contributed by atoms with E-state index in [9.17, 15) is 4.79 Å². The topological polar surface area (TPSA) is 99.0 Å². The van der Waals surface area contributed by atoms with Crippen molar-refractivity contribution in [3.63, 3.8) is 0 Å². The number of hydrazine groups is 1. The van der Waals surface area contributed by atoms with E-state index in [1.807, 2.05) is 6.07 Å². The van der Waals surface area contributed by atoms with Crippen molar-refractivity contribution in [1.29, 1.82) is 0 Å². The lowest BCUT2D eigenvalue weighted by Crippen LogP contribution is -2.30. The van der Waals surface area contributed by atoms with Gasteiger partial charge in [0.05, 0.1) is 6.54 Å². The first-order chi connectivity index (χ1) is 8.60. The van der Waals surface area contributed by atoms with E-state index >= 15 is 0 Å². The third-order valence-electron chi connectivity index (χ3n) is 2.41. The Hall–Kier alpha value is -2.05. The lowest BCUT2D eigenvalue weighted by atomic mass is 10.1. The largest absolute Gasteiger partial charge is 0.381 e. The monoisotopic (exact) mass is 265 g/mol. The molecule has 1 aromatic heterocycles. The van der Waals surface area contributed by atoms with Crippen LogP contribution in [0.1, 0.15) is 15.9 Å². The summed E-state index contributed by atoms with van der Waals surface area (Å²) in [6.07, 6.45) is 1.63. The Morgan fingerprint density at radius 2 is 2.28 bits per heavy atom. The van der Waals surface area contributed by atoms with Crippen LogP contribution in [0.15, 0.2) is 30.5 Å². The maximum absolute atomic E-state index is 11.4. The van der Waals surface area contributed by atoms with Crippen LogP contribution in [0.2, 0.25) is 5.02 Å². The first-order valence-electron chi connectivity index (χ1n) is 5.18. The van der Waals surface area contributed by atoms with E-state index in [1.165, 1.54) is 0 Å². The van der Waals surface area contributed by atoms with Gasteiger partial charge in [-0.05, 0) is 17.7 Å². The van der Waals surface area contributed by atoms with Gasteiger partial charge in [0.2, 0.25) is 0 Å². The fourth-order valence-corrected chi connectivity index (χ4v) is 1.72. The van der Waals surface area contributed by atoms with Gasteiger partial charge in [0.15, 0.2) is 5.82 Å². The van der Waals surface area contributed by atoms with Gasteiger partial charge >= 0.3 is 0 Å². The Kier molecular flexibility index (Phi) is 3.50. The smallest absolute Gasteiger partial charge is 0.265 e. The number of hydrogen-bond donors (Lipinski definition) is 3. The van der Waals surface area contributed by atoms with E-state index in [1.54, 1.807) is 29.1 Å². The number of hydrogen-bond acceptors (Lipinski definition) is 4. The Balaban J connectivity index is 2.21. The fraction of sp³-hybridized carbons (Fsp3) is 0.0909. The second-order valence-electron chi connectivity index (χ2n) is 3.73. The van der Waals surface area contributed by atoms with Crippen LogP contribution in [0.4, 0.5) is 5.82 Å². The number of halogens is 1. The van der Waals surface area contributed by atoms with Crippen LogP contribution in [0.5, 0.6) is 0 Å². The zero-order valence-corrected chi connectivity index (χ0v) is 10.2. The number of nitrogens with one attached hydrogen (secondary N) is 1. The van der Waals surface area contributed by atoms with Crippen molar-refractivity contribution in [2.24, 2.45) is 5.84 Å². The van der Waals surface area contributed by atoms with E-state index in [0.717, 1.165) is 5.56 Å². The maximum atomic E-state index is 11.4. The number of amides is 1. The highest BCUT2D eigenvalue weighted by atomic mass is 35.5. The Labute approximate surface area is 108 Å². The second kappa shape index (κ2) is 5.07. The Morgan fingerprint density at radius 1 is 1.50 bits per heavy atom. The van der Waals surface area contributed by atoms with Crippen molar-refractivity contribution < 1.29 is 4.79 Å². The molecule has 1 aromatic carbocycles. The lowest BCUT2D eigenvalue weighted by Gasteiger charge is -2.04. The molecule has 0 saturated heterocycles. The molecular formula is C11H12ClN5O. The average Bonchev–Trinajstić information content (AvgIpc) is 2.67. The molecule has 0 aliphatic heterocycles. The van der Waals surface area contributed by atoms with Gasteiger partial charge in [-0.15, -0.1) is 0 Å². The summed E-state index contributed by atoms with van der Waals surface area (Å²) in [6, 6.07) is 7.05. The van der Waals surface area contributed by atoms with Crippen LogP contribution in [-0.2, 0) is 6.54 Å². The highest BCUT2D eigenvalue weighted by Gasteiger charge is 2.06. The number of benzene rings is 1. The summed E-state index contributed by atoms with van der Waals surface area (Å²) in [7, 11) is 0. The van der Waals surface area contributed by atoms with Crippen molar-refractivity contribution in [3.8, 4) is 0 Å². The van der Waals surface area contributed by atoms with Gasteiger partial charge in [-0.2, -0.15) is 5.10 Å². The minimum absolute atomic E-state index is 0.285. The van der Waals surface area contributed by atoms with Gasteiger partial charge in [0, 0.05) is 11.8 Å². The van der Waals surface area contributed by atoms with Gasteiger partial charge in [-0.3, -0.25) is 14.9 Å². The van der Waals surface area contributed by atoms with E-state index in [0.29, 0.717) is 17.1 Å². The van der Waals surface area contributed by atoms with Crippen molar-refractivity contribution in [1.82, 2.24) is 15.2 Å². The van der Waals surface area contributed by atoms with Crippen molar-refractivity contribution >= 4 is 23.3 Å². The molecule has 1 heterocycles. The van der Waals surface area contributed by atoms with Crippen LogP contribution in [0.25, 0.3) is 0 Å². The molecule has 94 valence electrons. The third kappa shape index (κ3) is 2.61. The number of carbonyl (C=O) groups excluding carboxylic acids is 1.